The molecular formula is C22H25N3O2. The first-order valence-electron chi connectivity index (χ1n) is 9.38. The van der Waals surface area contributed by atoms with Crippen LogP contribution in [0.5, 0.6) is 0 Å². The Hall–Kier alpha value is -2.79. The number of nitrogens with one attached hydrogen (secondary N) is 2. The Morgan fingerprint density at radius 1 is 1.15 bits per heavy atom. The molecule has 5 nitrogen and oxygen atoms in total. The SMILES string of the molecule is CN(C)CC1CCc2cc(NC(=O)Nc3ccc4coccc3-4)ccc2C1. The van der Waals surface area contributed by atoms with Crippen molar-refractivity contribution in [2.24, 2.45) is 5.92 Å². The molecular weight excluding hydrogens is 338 g/mol. The van der Waals surface area contributed by atoms with Crippen LogP contribution in [0.1, 0.15) is 17.5 Å². The molecule has 1 aromatic rings. The Kier molecular flexibility index (Phi) is 4.86. The summed E-state index contributed by atoms with van der Waals surface area (Å²) >= 11 is 0. The highest BCUT2D eigenvalue weighted by molar-refractivity contribution is 6.03. The van der Waals surface area contributed by atoms with Gasteiger partial charge in [0.1, 0.15) is 0 Å². The van der Waals surface area contributed by atoms with Crippen LogP contribution in [0.25, 0.3) is 11.1 Å². The van der Waals surface area contributed by atoms with E-state index in [0.29, 0.717) is 5.92 Å². The maximum Gasteiger partial charge on any atom is 0.323 e. The summed E-state index contributed by atoms with van der Waals surface area (Å²) < 4.78 is 5.15. The number of carbonyl (C=O) groups is 1. The molecule has 2 N–H and O–H groups in total. The predicted octanol–water partition coefficient (Wildman–Crippen LogP) is 4.69. The van der Waals surface area contributed by atoms with Gasteiger partial charge in [-0.25, -0.2) is 4.79 Å². The molecule has 1 aromatic carbocycles. The van der Waals surface area contributed by atoms with Crippen molar-refractivity contribution in [3.05, 3.63) is 60.1 Å². The summed E-state index contributed by atoms with van der Waals surface area (Å²) in [7, 11) is 4.26. The van der Waals surface area contributed by atoms with Crippen LogP contribution in [0.2, 0.25) is 0 Å². The van der Waals surface area contributed by atoms with Gasteiger partial charge in [0.25, 0.3) is 0 Å². The first-order chi connectivity index (χ1) is 13.1. The lowest BCUT2D eigenvalue weighted by atomic mass is 9.83. The maximum absolute atomic E-state index is 12.4. The number of urea groups is 1. The van der Waals surface area contributed by atoms with E-state index in [-0.39, 0.29) is 6.03 Å². The Balaban J connectivity index is 1.41. The van der Waals surface area contributed by atoms with Gasteiger partial charge in [-0.05, 0) is 80.7 Å². The number of amides is 2. The smallest absolute Gasteiger partial charge is 0.323 e. The fourth-order valence-corrected chi connectivity index (χ4v) is 3.99. The fourth-order valence-electron chi connectivity index (χ4n) is 3.99. The lowest BCUT2D eigenvalue weighted by Crippen LogP contribution is -2.26. The summed E-state index contributed by atoms with van der Waals surface area (Å²) in [5.74, 6) is 0.715. The van der Waals surface area contributed by atoms with E-state index in [1.54, 1.807) is 12.5 Å². The van der Waals surface area contributed by atoms with Crippen LogP contribution in [0.3, 0.4) is 0 Å². The monoisotopic (exact) mass is 363 g/mol. The summed E-state index contributed by atoms with van der Waals surface area (Å²) in [5, 5.41) is 5.88. The third-order valence-corrected chi connectivity index (χ3v) is 5.21. The van der Waals surface area contributed by atoms with Gasteiger partial charge in [0.2, 0.25) is 0 Å². The molecule has 0 spiro atoms. The van der Waals surface area contributed by atoms with E-state index in [1.807, 2.05) is 24.3 Å². The molecule has 4 rings (SSSR count). The van der Waals surface area contributed by atoms with Crippen molar-refractivity contribution < 1.29 is 9.21 Å². The zero-order valence-corrected chi connectivity index (χ0v) is 15.8. The molecule has 1 unspecified atom stereocenters. The third-order valence-electron chi connectivity index (χ3n) is 5.21. The van der Waals surface area contributed by atoms with E-state index in [1.165, 1.54) is 17.5 Å². The second-order valence-corrected chi connectivity index (χ2v) is 7.61. The quantitative estimate of drug-likeness (QED) is 0.707. The van der Waals surface area contributed by atoms with Gasteiger partial charge >= 0.3 is 6.03 Å². The zero-order chi connectivity index (χ0) is 18.8. The van der Waals surface area contributed by atoms with Gasteiger partial charge in [-0.3, -0.25) is 0 Å². The van der Waals surface area contributed by atoms with Crippen LogP contribution in [-0.4, -0.2) is 31.6 Å². The molecule has 0 bridgehead atoms. The number of fused-ring (bicyclic) bond motifs is 2. The molecule has 1 atom stereocenters. The van der Waals surface area contributed by atoms with E-state index in [2.05, 4.69) is 41.8 Å². The molecule has 0 fully saturated rings. The van der Waals surface area contributed by atoms with E-state index < -0.39 is 0 Å². The topological polar surface area (TPSA) is 57.5 Å². The highest BCUT2D eigenvalue weighted by Gasteiger charge is 2.20. The van der Waals surface area contributed by atoms with Gasteiger partial charge < -0.3 is 20.0 Å². The van der Waals surface area contributed by atoms with E-state index in [0.717, 1.165) is 41.9 Å². The summed E-state index contributed by atoms with van der Waals surface area (Å²) in [4.78, 5) is 14.7. The van der Waals surface area contributed by atoms with Crippen molar-refractivity contribution in [3.8, 4) is 11.1 Å². The first kappa shape index (κ1) is 17.6. The Morgan fingerprint density at radius 3 is 2.89 bits per heavy atom. The molecule has 0 aromatic heterocycles. The molecule has 0 radical (unpaired) electrons. The van der Waals surface area contributed by atoms with Crippen LogP contribution in [-0.2, 0) is 12.8 Å². The minimum atomic E-state index is -0.232. The van der Waals surface area contributed by atoms with Crippen molar-refractivity contribution in [3.63, 3.8) is 0 Å². The number of rotatable bonds is 4. The number of nitrogens with zero attached hydrogens (tertiary/aromatic N) is 1. The molecule has 0 saturated carbocycles. The predicted molar refractivity (Wildman–Crippen MR) is 108 cm³/mol. The van der Waals surface area contributed by atoms with E-state index in [4.69, 9.17) is 4.42 Å². The van der Waals surface area contributed by atoms with Crippen molar-refractivity contribution in [1.29, 1.82) is 0 Å². The molecule has 5 heteroatoms. The van der Waals surface area contributed by atoms with Crippen LogP contribution >= 0.6 is 0 Å². The van der Waals surface area contributed by atoms with Crippen LogP contribution in [0.15, 0.2) is 53.3 Å². The molecule has 1 aliphatic heterocycles. The summed E-state index contributed by atoms with van der Waals surface area (Å²) in [5.41, 5.74) is 6.31. The van der Waals surface area contributed by atoms with Crippen molar-refractivity contribution in [2.45, 2.75) is 19.3 Å². The molecule has 140 valence electrons. The van der Waals surface area contributed by atoms with Crippen LogP contribution in [0, 0.1) is 5.92 Å². The molecule has 3 aliphatic rings. The van der Waals surface area contributed by atoms with Crippen molar-refractivity contribution in [1.82, 2.24) is 4.90 Å². The molecule has 27 heavy (non-hydrogen) atoms. The molecule has 2 amide bonds. The zero-order valence-electron chi connectivity index (χ0n) is 15.8. The lowest BCUT2D eigenvalue weighted by Gasteiger charge is -2.27. The molecule has 1 heterocycles. The minimum absolute atomic E-state index is 0.232. The lowest BCUT2D eigenvalue weighted by molar-refractivity contribution is 0.262. The van der Waals surface area contributed by atoms with Crippen LogP contribution < -0.4 is 10.6 Å². The number of aryl methyl sites for hydroxylation is 1. The number of hydrogen-bond acceptors (Lipinski definition) is 3. The van der Waals surface area contributed by atoms with Crippen LogP contribution in [0.4, 0.5) is 16.2 Å². The molecule has 2 aliphatic carbocycles. The Morgan fingerprint density at radius 2 is 2.04 bits per heavy atom. The largest absolute Gasteiger partial charge is 0.472 e. The van der Waals surface area contributed by atoms with Crippen molar-refractivity contribution >= 4 is 17.4 Å². The van der Waals surface area contributed by atoms with Gasteiger partial charge in [-0.1, -0.05) is 6.07 Å². The highest BCUT2D eigenvalue weighted by atomic mass is 16.3. The van der Waals surface area contributed by atoms with E-state index in [9.17, 15) is 4.79 Å². The summed E-state index contributed by atoms with van der Waals surface area (Å²) in [6.07, 6.45) is 6.67. The number of benzene rings is 1. The number of hydrogen-bond donors (Lipinski definition) is 2. The third kappa shape index (κ3) is 3.98. The average Bonchev–Trinajstić information content (AvgIpc) is 3.04. The van der Waals surface area contributed by atoms with Gasteiger partial charge in [0.15, 0.2) is 0 Å². The van der Waals surface area contributed by atoms with Gasteiger partial charge in [-0.2, -0.15) is 0 Å². The van der Waals surface area contributed by atoms with Gasteiger partial charge in [0.05, 0.1) is 18.2 Å². The van der Waals surface area contributed by atoms with E-state index >= 15 is 0 Å². The standard InChI is InChI=1S/C22H25N3O2/c1-25(2)13-15-3-4-17-12-19(7-5-16(17)11-15)23-22(26)24-21-8-6-18-14-27-10-9-20(18)21/h5-10,12,14-15H,3-4,11,13H2,1-2H3,(H2,23,24,26). The maximum atomic E-state index is 12.4. The Labute approximate surface area is 159 Å². The number of carbonyl (C=O) groups excluding carboxylic acids is 1. The second-order valence-electron chi connectivity index (χ2n) is 7.61. The summed E-state index contributed by atoms with van der Waals surface area (Å²) in [6, 6.07) is 11.7. The normalized spacial score (nSPS) is 16.3. The second kappa shape index (κ2) is 7.45. The Bertz CT molecular complexity index is 916. The van der Waals surface area contributed by atoms with Gasteiger partial charge in [-0.15, -0.1) is 0 Å². The molecule has 0 saturated heterocycles. The van der Waals surface area contributed by atoms with Gasteiger partial charge in [0, 0.05) is 23.4 Å². The summed E-state index contributed by atoms with van der Waals surface area (Å²) in [6.45, 7) is 1.13. The fraction of sp³-hybridized carbons (Fsp3) is 0.318. The first-order valence-corrected chi connectivity index (χ1v) is 9.38. The highest BCUT2D eigenvalue weighted by Crippen LogP contribution is 2.32. The van der Waals surface area contributed by atoms with Crippen molar-refractivity contribution in [2.75, 3.05) is 31.3 Å². The minimum Gasteiger partial charge on any atom is -0.472 e. The number of anilines is 2. The average molecular weight is 363 g/mol.